The zero-order valence-corrected chi connectivity index (χ0v) is 8.70. The Morgan fingerprint density at radius 1 is 1.27 bits per heavy atom. The molecule has 0 unspecified atom stereocenters. The fourth-order valence-corrected chi connectivity index (χ4v) is 2.89. The van der Waals surface area contributed by atoms with E-state index in [0.29, 0.717) is 6.10 Å². The van der Waals surface area contributed by atoms with Crippen molar-refractivity contribution in [3.8, 4) is 0 Å². The molecule has 0 radical (unpaired) electrons. The fourth-order valence-electron chi connectivity index (χ4n) is 0.964. The standard InChI is InChI=1S/C9H18OSi/c1-5-7-11(8-6-2)10-9(3)4/h5-6,9,11H,1-2,7-8H2,3-4H3. The summed E-state index contributed by atoms with van der Waals surface area (Å²) in [4.78, 5) is 0. The van der Waals surface area contributed by atoms with Crippen molar-refractivity contribution in [2.75, 3.05) is 0 Å². The number of rotatable bonds is 6. The van der Waals surface area contributed by atoms with E-state index in [1.54, 1.807) is 0 Å². The van der Waals surface area contributed by atoms with Crippen molar-refractivity contribution in [1.82, 2.24) is 0 Å². The lowest BCUT2D eigenvalue weighted by Gasteiger charge is -2.15. The molecule has 0 fully saturated rings. The van der Waals surface area contributed by atoms with E-state index < -0.39 is 9.04 Å². The molecule has 0 aliphatic heterocycles. The highest BCUT2D eigenvalue weighted by molar-refractivity contribution is 6.52. The van der Waals surface area contributed by atoms with Gasteiger partial charge >= 0.3 is 0 Å². The minimum absolute atomic E-state index is 0.353. The van der Waals surface area contributed by atoms with Crippen LogP contribution in [0.2, 0.25) is 12.1 Å². The van der Waals surface area contributed by atoms with E-state index in [4.69, 9.17) is 4.43 Å². The zero-order valence-electron chi connectivity index (χ0n) is 7.55. The highest BCUT2D eigenvalue weighted by Crippen LogP contribution is 2.05. The quantitative estimate of drug-likeness (QED) is 0.439. The molecule has 0 spiro atoms. The summed E-state index contributed by atoms with van der Waals surface area (Å²) in [6.45, 7) is 11.6. The molecule has 0 N–H and O–H groups in total. The Morgan fingerprint density at radius 2 is 1.73 bits per heavy atom. The molecule has 0 aliphatic carbocycles. The Labute approximate surface area is 71.5 Å². The van der Waals surface area contributed by atoms with Crippen LogP contribution in [-0.2, 0) is 4.43 Å². The topological polar surface area (TPSA) is 9.23 Å². The molecule has 2 heteroatoms. The highest BCUT2D eigenvalue weighted by atomic mass is 28.3. The maximum atomic E-state index is 5.73. The van der Waals surface area contributed by atoms with E-state index >= 15 is 0 Å². The van der Waals surface area contributed by atoms with Crippen LogP contribution in [0.4, 0.5) is 0 Å². The summed E-state index contributed by atoms with van der Waals surface area (Å²) in [7, 11) is -1.03. The first-order chi connectivity index (χ1) is 5.20. The van der Waals surface area contributed by atoms with Crippen molar-refractivity contribution in [1.29, 1.82) is 0 Å². The summed E-state index contributed by atoms with van der Waals surface area (Å²) < 4.78 is 5.73. The molecule has 11 heavy (non-hydrogen) atoms. The lowest BCUT2D eigenvalue weighted by atomic mass is 10.5. The summed E-state index contributed by atoms with van der Waals surface area (Å²) in [5.74, 6) is 0. The number of hydrogen-bond acceptors (Lipinski definition) is 1. The second kappa shape index (κ2) is 6.37. The second-order valence-corrected chi connectivity index (χ2v) is 5.31. The van der Waals surface area contributed by atoms with E-state index in [1.165, 1.54) is 0 Å². The van der Waals surface area contributed by atoms with Crippen molar-refractivity contribution in [2.24, 2.45) is 0 Å². The first-order valence-electron chi connectivity index (χ1n) is 4.08. The van der Waals surface area contributed by atoms with Crippen molar-refractivity contribution in [2.45, 2.75) is 32.0 Å². The molecule has 0 atom stereocenters. The molecule has 64 valence electrons. The van der Waals surface area contributed by atoms with Crippen LogP contribution < -0.4 is 0 Å². The maximum Gasteiger partial charge on any atom is 0.184 e. The van der Waals surface area contributed by atoms with Gasteiger partial charge in [0.15, 0.2) is 9.04 Å². The van der Waals surface area contributed by atoms with Gasteiger partial charge in [-0.3, -0.25) is 0 Å². The van der Waals surface area contributed by atoms with Crippen molar-refractivity contribution >= 4 is 9.04 Å². The van der Waals surface area contributed by atoms with Crippen molar-refractivity contribution in [3.63, 3.8) is 0 Å². The number of hydrogen-bond donors (Lipinski definition) is 0. The second-order valence-electron chi connectivity index (χ2n) is 2.86. The van der Waals surface area contributed by atoms with Crippen LogP contribution in [0.25, 0.3) is 0 Å². The predicted octanol–water partition coefficient (Wildman–Crippen LogP) is 2.51. The number of allylic oxidation sites excluding steroid dienone is 2. The average Bonchev–Trinajstić information content (AvgIpc) is 1.87. The Morgan fingerprint density at radius 3 is 2.00 bits per heavy atom. The Balaban J connectivity index is 3.67. The van der Waals surface area contributed by atoms with Crippen molar-refractivity contribution < 1.29 is 4.43 Å². The van der Waals surface area contributed by atoms with Gasteiger partial charge in [0, 0.05) is 6.10 Å². The third-order valence-electron chi connectivity index (χ3n) is 1.32. The predicted molar refractivity (Wildman–Crippen MR) is 53.4 cm³/mol. The molecule has 0 bridgehead atoms. The van der Waals surface area contributed by atoms with Gasteiger partial charge in [-0.1, -0.05) is 12.2 Å². The molecule has 0 rings (SSSR count). The van der Waals surface area contributed by atoms with Crippen LogP contribution in [-0.4, -0.2) is 15.1 Å². The Hall–Kier alpha value is -0.343. The lowest BCUT2D eigenvalue weighted by molar-refractivity contribution is 0.244. The molecule has 0 aliphatic rings. The van der Waals surface area contributed by atoms with E-state index in [9.17, 15) is 0 Å². The molecule has 0 aromatic rings. The van der Waals surface area contributed by atoms with E-state index in [-0.39, 0.29) is 0 Å². The van der Waals surface area contributed by atoms with E-state index in [2.05, 4.69) is 27.0 Å². The molecule has 0 saturated heterocycles. The molecule has 0 aromatic heterocycles. The van der Waals surface area contributed by atoms with Gasteiger partial charge in [-0.25, -0.2) is 0 Å². The van der Waals surface area contributed by atoms with Crippen LogP contribution in [0.1, 0.15) is 13.8 Å². The summed E-state index contributed by atoms with van der Waals surface area (Å²) in [5.41, 5.74) is 0. The summed E-state index contributed by atoms with van der Waals surface area (Å²) >= 11 is 0. The monoisotopic (exact) mass is 170 g/mol. The Bertz CT molecular complexity index is 111. The van der Waals surface area contributed by atoms with Gasteiger partial charge in [-0.05, 0) is 25.9 Å². The third kappa shape index (κ3) is 6.07. The SMILES string of the molecule is C=CC[SiH](CC=C)OC(C)C. The van der Waals surface area contributed by atoms with Gasteiger partial charge in [0.25, 0.3) is 0 Å². The van der Waals surface area contributed by atoms with Crippen LogP contribution in [0.5, 0.6) is 0 Å². The largest absolute Gasteiger partial charge is 0.417 e. The van der Waals surface area contributed by atoms with Gasteiger partial charge < -0.3 is 4.43 Å². The van der Waals surface area contributed by atoms with E-state index in [0.717, 1.165) is 12.1 Å². The molecule has 0 aromatic carbocycles. The van der Waals surface area contributed by atoms with Crippen LogP contribution in [0.3, 0.4) is 0 Å². The molecule has 0 saturated carbocycles. The van der Waals surface area contributed by atoms with Gasteiger partial charge in [0.05, 0.1) is 0 Å². The smallest absolute Gasteiger partial charge is 0.184 e. The van der Waals surface area contributed by atoms with E-state index in [1.807, 2.05) is 12.2 Å². The average molecular weight is 170 g/mol. The zero-order chi connectivity index (χ0) is 8.69. The first-order valence-corrected chi connectivity index (χ1v) is 6.18. The highest BCUT2D eigenvalue weighted by Gasteiger charge is 2.08. The molecule has 1 nitrogen and oxygen atoms in total. The minimum Gasteiger partial charge on any atom is -0.417 e. The van der Waals surface area contributed by atoms with Gasteiger partial charge in [0.1, 0.15) is 0 Å². The van der Waals surface area contributed by atoms with Crippen LogP contribution in [0, 0.1) is 0 Å². The van der Waals surface area contributed by atoms with Gasteiger partial charge in [-0.2, -0.15) is 0 Å². The summed E-state index contributed by atoms with van der Waals surface area (Å²) in [5, 5.41) is 0. The summed E-state index contributed by atoms with van der Waals surface area (Å²) in [6, 6.07) is 2.09. The fraction of sp³-hybridized carbons (Fsp3) is 0.556. The maximum absolute atomic E-state index is 5.73. The molecule has 0 heterocycles. The molecule has 0 amide bonds. The normalized spacial score (nSPS) is 10.5. The minimum atomic E-state index is -1.03. The molecular formula is C9H18OSi. The Kier molecular flexibility index (Phi) is 6.17. The van der Waals surface area contributed by atoms with Crippen LogP contribution in [0.15, 0.2) is 25.3 Å². The molecular weight excluding hydrogens is 152 g/mol. The van der Waals surface area contributed by atoms with Gasteiger partial charge in [-0.15, -0.1) is 13.2 Å². The summed E-state index contributed by atoms with van der Waals surface area (Å²) in [6.07, 6.45) is 4.25. The van der Waals surface area contributed by atoms with Crippen molar-refractivity contribution in [3.05, 3.63) is 25.3 Å². The van der Waals surface area contributed by atoms with Gasteiger partial charge in [0.2, 0.25) is 0 Å². The lowest BCUT2D eigenvalue weighted by Crippen LogP contribution is -2.20. The van der Waals surface area contributed by atoms with Crippen LogP contribution >= 0.6 is 0 Å². The third-order valence-corrected chi connectivity index (χ3v) is 3.97. The first kappa shape index (κ1) is 10.7.